The Morgan fingerprint density at radius 1 is 1.24 bits per heavy atom. The van der Waals surface area contributed by atoms with Crippen LogP contribution < -0.4 is 10.1 Å². The average molecular weight is 468 g/mol. The van der Waals surface area contributed by atoms with Crippen LogP contribution in [0.5, 0.6) is 5.75 Å². The van der Waals surface area contributed by atoms with Crippen molar-refractivity contribution in [1.82, 2.24) is 15.2 Å². The van der Waals surface area contributed by atoms with Gasteiger partial charge in [-0.15, -0.1) is 11.3 Å². The summed E-state index contributed by atoms with van der Waals surface area (Å²) in [5, 5.41) is 5.14. The maximum absolute atomic E-state index is 14.0. The van der Waals surface area contributed by atoms with E-state index in [4.69, 9.17) is 4.74 Å². The SMILES string of the molecule is CCNC(=O)c1csc(COc2ccc3c(c2)[C@@H](c2cccc(F)c2)N(C(=O)CC)CC3)n1. The van der Waals surface area contributed by atoms with Gasteiger partial charge in [-0.3, -0.25) is 9.59 Å². The lowest BCUT2D eigenvalue weighted by Crippen LogP contribution is -2.40. The van der Waals surface area contributed by atoms with E-state index in [0.717, 1.165) is 23.1 Å². The first-order chi connectivity index (χ1) is 16.0. The average Bonchev–Trinajstić information content (AvgIpc) is 3.31. The molecule has 8 heteroatoms. The van der Waals surface area contributed by atoms with Crippen LogP contribution in [0.25, 0.3) is 0 Å². The zero-order chi connectivity index (χ0) is 23.4. The number of carbonyl (C=O) groups excluding carboxylic acids is 2. The van der Waals surface area contributed by atoms with Gasteiger partial charge in [-0.2, -0.15) is 0 Å². The third-order valence-electron chi connectivity index (χ3n) is 5.62. The van der Waals surface area contributed by atoms with Gasteiger partial charge in [0.1, 0.15) is 28.9 Å². The molecule has 0 unspecified atom stereocenters. The molecular formula is C25H26FN3O3S. The summed E-state index contributed by atoms with van der Waals surface area (Å²) < 4.78 is 20.0. The highest BCUT2D eigenvalue weighted by Gasteiger charge is 2.32. The lowest BCUT2D eigenvalue weighted by Gasteiger charge is -2.38. The van der Waals surface area contributed by atoms with Crippen LogP contribution in [0.3, 0.4) is 0 Å². The van der Waals surface area contributed by atoms with Gasteiger partial charge < -0.3 is 15.0 Å². The minimum atomic E-state index is -0.371. The van der Waals surface area contributed by atoms with Gasteiger partial charge in [-0.05, 0) is 54.3 Å². The van der Waals surface area contributed by atoms with Crippen LogP contribution in [0.1, 0.15) is 58.5 Å². The predicted molar refractivity (Wildman–Crippen MR) is 125 cm³/mol. The molecule has 3 aromatic rings. The van der Waals surface area contributed by atoms with Crippen molar-refractivity contribution in [2.75, 3.05) is 13.1 Å². The Morgan fingerprint density at radius 2 is 2.09 bits per heavy atom. The van der Waals surface area contributed by atoms with Gasteiger partial charge in [0.25, 0.3) is 5.91 Å². The molecule has 0 bridgehead atoms. The van der Waals surface area contributed by atoms with E-state index < -0.39 is 0 Å². The highest BCUT2D eigenvalue weighted by Crippen LogP contribution is 2.37. The standard InChI is InChI=1S/C25H26FN3O3S/c1-3-23(30)29-11-10-16-8-9-19(13-20(16)24(29)17-6-5-7-18(26)12-17)32-14-22-28-21(15-33-22)25(31)27-4-2/h5-9,12-13,15,24H,3-4,10-11,14H2,1-2H3,(H,27,31)/t24-/m1/s1. The van der Waals surface area contributed by atoms with Crippen molar-refractivity contribution < 1.29 is 18.7 Å². The Balaban J connectivity index is 1.60. The molecule has 1 aliphatic heterocycles. The quantitative estimate of drug-likeness (QED) is 0.556. The Morgan fingerprint density at radius 3 is 2.85 bits per heavy atom. The Kier molecular flexibility index (Phi) is 7.03. The number of thiazole rings is 1. The zero-order valence-electron chi connectivity index (χ0n) is 18.6. The summed E-state index contributed by atoms with van der Waals surface area (Å²) in [5.74, 6) is 0.132. The maximum atomic E-state index is 14.0. The molecule has 33 heavy (non-hydrogen) atoms. The number of nitrogens with one attached hydrogen (secondary N) is 1. The first kappa shape index (κ1) is 22.9. The predicted octanol–water partition coefficient (Wildman–Crippen LogP) is 4.50. The van der Waals surface area contributed by atoms with Crippen molar-refractivity contribution in [3.63, 3.8) is 0 Å². The normalized spacial score (nSPS) is 15.1. The van der Waals surface area contributed by atoms with Crippen LogP contribution in [0.2, 0.25) is 0 Å². The topological polar surface area (TPSA) is 71.5 Å². The molecule has 0 radical (unpaired) electrons. The second kappa shape index (κ2) is 10.1. The van der Waals surface area contributed by atoms with Crippen molar-refractivity contribution in [1.29, 1.82) is 0 Å². The fraction of sp³-hybridized carbons (Fsp3) is 0.320. The minimum Gasteiger partial charge on any atom is -0.486 e. The smallest absolute Gasteiger partial charge is 0.270 e. The number of hydrogen-bond acceptors (Lipinski definition) is 5. The number of ether oxygens (including phenoxy) is 1. The van der Waals surface area contributed by atoms with E-state index in [1.807, 2.05) is 43.0 Å². The van der Waals surface area contributed by atoms with E-state index in [0.29, 0.717) is 36.0 Å². The molecule has 1 atom stereocenters. The van der Waals surface area contributed by atoms with Crippen molar-refractivity contribution in [3.8, 4) is 5.75 Å². The fourth-order valence-corrected chi connectivity index (χ4v) is 4.75. The van der Waals surface area contributed by atoms with Crippen LogP contribution in [-0.4, -0.2) is 34.8 Å². The van der Waals surface area contributed by atoms with E-state index in [1.54, 1.807) is 11.4 Å². The fourth-order valence-electron chi connectivity index (χ4n) is 4.07. The molecule has 1 aliphatic rings. The molecular weight excluding hydrogens is 441 g/mol. The van der Waals surface area contributed by atoms with Gasteiger partial charge in [-0.1, -0.05) is 25.1 Å². The third-order valence-corrected chi connectivity index (χ3v) is 6.44. The first-order valence-electron chi connectivity index (χ1n) is 11.0. The lowest BCUT2D eigenvalue weighted by molar-refractivity contribution is -0.132. The number of benzene rings is 2. The minimum absolute atomic E-state index is 0.0295. The Bertz CT molecular complexity index is 1160. The number of aromatic nitrogens is 1. The lowest BCUT2D eigenvalue weighted by atomic mass is 9.87. The maximum Gasteiger partial charge on any atom is 0.270 e. The van der Waals surface area contributed by atoms with Gasteiger partial charge >= 0.3 is 0 Å². The number of amides is 2. The highest BCUT2D eigenvalue weighted by atomic mass is 32.1. The summed E-state index contributed by atoms with van der Waals surface area (Å²) in [6, 6.07) is 11.9. The molecule has 0 spiro atoms. The van der Waals surface area contributed by atoms with E-state index in [9.17, 15) is 14.0 Å². The molecule has 1 N–H and O–H groups in total. The van der Waals surface area contributed by atoms with E-state index in [2.05, 4.69) is 10.3 Å². The molecule has 172 valence electrons. The number of hydrogen-bond donors (Lipinski definition) is 1. The first-order valence-corrected chi connectivity index (χ1v) is 11.9. The number of rotatable bonds is 7. The summed E-state index contributed by atoms with van der Waals surface area (Å²) in [6.07, 6.45) is 1.12. The number of nitrogens with zero attached hydrogens (tertiary/aromatic N) is 2. The number of carbonyl (C=O) groups is 2. The van der Waals surface area contributed by atoms with Crippen LogP contribution in [0.15, 0.2) is 47.8 Å². The molecule has 2 amide bonds. The Labute approximate surface area is 196 Å². The van der Waals surface area contributed by atoms with Gasteiger partial charge in [0.2, 0.25) is 5.91 Å². The molecule has 6 nitrogen and oxygen atoms in total. The van der Waals surface area contributed by atoms with Crippen LogP contribution in [0.4, 0.5) is 4.39 Å². The number of halogens is 1. The summed E-state index contributed by atoms with van der Waals surface area (Å²) in [4.78, 5) is 30.8. The number of fused-ring (bicyclic) bond motifs is 1. The molecule has 0 aliphatic carbocycles. The van der Waals surface area contributed by atoms with Crippen molar-refractivity contribution in [3.05, 3.63) is 81.1 Å². The highest BCUT2D eigenvalue weighted by molar-refractivity contribution is 7.09. The third kappa shape index (κ3) is 5.06. The second-order valence-electron chi connectivity index (χ2n) is 7.78. The van der Waals surface area contributed by atoms with Crippen molar-refractivity contribution >= 4 is 23.2 Å². The summed E-state index contributed by atoms with van der Waals surface area (Å²) >= 11 is 1.37. The largest absolute Gasteiger partial charge is 0.486 e. The van der Waals surface area contributed by atoms with Gasteiger partial charge in [0.15, 0.2) is 0 Å². The monoisotopic (exact) mass is 467 g/mol. The summed E-state index contributed by atoms with van der Waals surface area (Å²) in [5.41, 5.74) is 3.17. The van der Waals surface area contributed by atoms with E-state index >= 15 is 0 Å². The second-order valence-corrected chi connectivity index (χ2v) is 8.73. The van der Waals surface area contributed by atoms with Gasteiger partial charge in [0.05, 0.1) is 6.04 Å². The molecule has 1 aromatic heterocycles. The van der Waals surface area contributed by atoms with Crippen LogP contribution >= 0.6 is 11.3 Å². The zero-order valence-corrected chi connectivity index (χ0v) is 19.5. The Hall–Kier alpha value is -3.26. The molecule has 0 saturated carbocycles. The molecule has 4 rings (SSSR count). The van der Waals surface area contributed by atoms with Crippen molar-refractivity contribution in [2.45, 2.75) is 39.3 Å². The van der Waals surface area contributed by atoms with Gasteiger partial charge in [0, 0.05) is 24.9 Å². The van der Waals surface area contributed by atoms with Gasteiger partial charge in [-0.25, -0.2) is 9.37 Å². The van der Waals surface area contributed by atoms with E-state index in [-0.39, 0.29) is 30.3 Å². The van der Waals surface area contributed by atoms with Crippen LogP contribution in [0, 0.1) is 5.82 Å². The molecule has 0 saturated heterocycles. The summed E-state index contributed by atoms with van der Waals surface area (Å²) in [6.45, 7) is 5.05. The van der Waals surface area contributed by atoms with E-state index in [1.165, 1.54) is 23.5 Å². The molecule has 2 heterocycles. The molecule has 2 aromatic carbocycles. The summed E-state index contributed by atoms with van der Waals surface area (Å²) in [7, 11) is 0. The van der Waals surface area contributed by atoms with Crippen molar-refractivity contribution in [2.24, 2.45) is 0 Å². The van der Waals surface area contributed by atoms with Crippen LogP contribution in [-0.2, 0) is 17.8 Å². The molecule has 0 fully saturated rings.